The van der Waals surface area contributed by atoms with E-state index in [0.717, 1.165) is 11.1 Å². The van der Waals surface area contributed by atoms with Crippen molar-refractivity contribution in [3.63, 3.8) is 0 Å². The molecule has 0 saturated carbocycles. The first kappa shape index (κ1) is 21.6. The van der Waals surface area contributed by atoms with Crippen LogP contribution in [0.25, 0.3) is 0 Å². The summed E-state index contributed by atoms with van der Waals surface area (Å²) in [7, 11) is 0. The van der Waals surface area contributed by atoms with Crippen LogP contribution in [0.4, 0.5) is 4.39 Å². The number of benzene rings is 1. The molecule has 0 bridgehead atoms. The Kier molecular flexibility index (Phi) is 7.34. The summed E-state index contributed by atoms with van der Waals surface area (Å²) >= 11 is 0. The first-order chi connectivity index (χ1) is 13.2. The van der Waals surface area contributed by atoms with E-state index in [1.165, 1.54) is 20.0 Å². The van der Waals surface area contributed by atoms with Crippen molar-refractivity contribution in [2.75, 3.05) is 13.2 Å². The molecular weight excluding hydrogens is 361 g/mol. The average molecular weight is 389 g/mol. The van der Waals surface area contributed by atoms with Gasteiger partial charge >= 0.3 is 5.97 Å². The van der Waals surface area contributed by atoms with Gasteiger partial charge in [0.25, 0.3) is 0 Å². The number of aryl methyl sites for hydroxylation is 1. The topological polar surface area (TPSA) is 85.9 Å². The van der Waals surface area contributed by atoms with E-state index >= 15 is 0 Å². The molecule has 0 fully saturated rings. The lowest BCUT2D eigenvalue weighted by Crippen LogP contribution is -2.33. The van der Waals surface area contributed by atoms with Crippen LogP contribution in [0, 0.1) is 6.92 Å². The second kappa shape index (κ2) is 9.50. The lowest BCUT2D eigenvalue weighted by molar-refractivity contribution is -0.135. The van der Waals surface area contributed by atoms with Gasteiger partial charge < -0.3 is 20.5 Å². The normalized spacial score (nSPS) is 18.0. The zero-order valence-electron chi connectivity index (χ0n) is 16.8. The maximum atomic E-state index is 13.6. The Morgan fingerprint density at radius 2 is 2.18 bits per heavy atom. The van der Waals surface area contributed by atoms with Crippen LogP contribution in [0.5, 0.6) is 5.75 Å². The van der Waals surface area contributed by atoms with Crippen molar-refractivity contribution in [2.24, 2.45) is 10.7 Å². The van der Waals surface area contributed by atoms with Crippen molar-refractivity contribution in [1.29, 1.82) is 0 Å². The molecule has 0 amide bonds. The third-order valence-electron chi connectivity index (χ3n) is 3.97. The molecule has 0 spiro atoms. The minimum atomic E-state index is -1.38. The lowest BCUT2D eigenvalue weighted by Gasteiger charge is -2.18. The highest BCUT2D eigenvalue weighted by molar-refractivity contribution is 6.44. The van der Waals surface area contributed by atoms with Gasteiger partial charge in [-0.25, -0.2) is 14.2 Å². The Hall–Kier alpha value is -2.67. The molecule has 0 saturated heterocycles. The van der Waals surface area contributed by atoms with Gasteiger partial charge in [-0.3, -0.25) is 0 Å². The number of nitrogens with one attached hydrogen (secondary N) is 1. The highest BCUT2D eigenvalue weighted by Gasteiger charge is 2.23. The molecular formula is C21H28FN3O3. The van der Waals surface area contributed by atoms with E-state index in [9.17, 15) is 9.18 Å². The standard InChI is InChI=1S/C21H28FN3O3/c1-5-27-20(26)19-16(17(23)8-9-25-19)12-24-11-15-6-7-18(14(2)10-15)28-13-21(3,4)22/h6-10,12,17,24H,5,11,13,23H2,1-4H3/b16-12+. The molecule has 1 atom stereocenters. The SMILES string of the molecule is CCOC(=O)C1=NC=CC(N)/C1=C\NCc1ccc(OCC(C)(C)F)c(C)c1. The molecule has 0 aromatic heterocycles. The van der Waals surface area contributed by atoms with Gasteiger partial charge in [-0.15, -0.1) is 0 Å². The summed E-state index contributed by atoms with van der Waals surface area (Å²) < 4.78 is 24.2. The highest BCUT2D eigenvalue weighted by Crippen LogP contribution is 2.21. The Labute approximate surface area is 165 Å². The summed E-state index contributed by atoms with van der Waals surface area (Å²) in [6.07, 6.45) is 4.91. The third kappa shape index (κ3) is 6.20. The molecule has 0 aliphatic carbocycles. The number of hydrogen-bond acceptors (Lipinski definition) is 6. The highest BCUT2D eigenvalue weighted by atomic mass is 19.1. The van der Waals surface area contributed by atoms with Gasteiger partial charge in [0, 0.05) is 24.5 Å². The van der Waals surface area contributed by atoms with Gasteiger partial charge in [-0.1, -0.05) is 12.1 Å². The number of halogens is 1. The summed E-state index contributed by atoms with van der Waals surface area (Å²) in [5, 5.41) is 3.17. The van der Waals surface area contributed by atoms with Gasteiger partial charge in [-0.05, 0) is 51.0 Å². The summed E-state index contributed by atoms with van der Waals surface area (Å²) in [6, 6.07) is 5.25. The minimum absolute atomic E-state index is 0.00108. The van der Waals surface area contributed by atoms with E-state index in [0.29, 0.717) is 17.9 Å². The fourth-order valence-corrected chi connectivity index (χ4v) is 2.59. The second-order valence-electron chi connectivity index (χ2n) is 7.15. The maximum Gasteiger partial charge on any atom is 0.357 e. The first-order valence-corrected chi connectivity index (χ1v) is 9.23. The van der Waals surface area contributed by atoms with E-state index < -0.39 is 17.7 Å². The molecule has 6 nitrogen and oxygen atoms in total. The molecule has 1 unspecified atom stereocenters. The van der Waals surface area contributed by atoms with E-state index in [1.807, 2.05) is 25.1 Å². The molecule has 28 heavy (non-hydrogen) atoms. The number of rotatable bonds is 8. The molecule has 3 N–H and O–H groups in total. The van der Waals surface area contributed by atoms with Crippen LogP contribution in [0.2, 0.25) is 0 Å². The molecule has 1 aromatic rings. The van der Waals surface area contributed by atoms with E-state index in [1.54, 1.807) is 19.2 Å². The number of esters is 1. The number of aliphatic imine (C=N–C) groups is 1. The molecule has 1 aliphatic heterocycles. The van der Waals surface area contributed by atoms with Crippen LogP contribution in [-0.2, 0) is 16.1 Å². The summed E-state index contributed by atoms with van der Waals surface area (Å²) in [6.45, 7) is 7.40. The van der Waals surface area contributed by atoms with Crippen molar-refractivity contribution in [3.05, 3.63) is 53.4 Å². The quantitative estimate of drug-likeness (QED) is 0.668. The Bertz CT molecular complexity index is 795. The van der Waals surface area contributed by atoms with E-state index in [4.69, 9.17) is 15.2 Å². The predicted molar refractivity (Wildman–Crippen MR) is 108 cm³/mol. The van der Waals surface area contributed by atoms with Gasteiger partial charge in [-0.2, -0.15) is 0 Å². The smallest absolute Gasteiger partial charge is 0.357 e. The van der Waals surface area contributed by atoms with Crippen LogP contribution in [0.1, 0.15) is 31.9 Å². The monoisotopic (exact) mass is 389 g/mol. The van der Waals surface area contributed by atoms with Gasteiger partial charge in [0.1, 0.15) is 18.0 Å². The van der Waals surface area contributed by atoms with Gasteiger partial charge in [0.05, 0.1) is 12.6 Å². The maximum absolute atomic E-state index is 13.6. The Balaban J connectivity index is 2.02. The summed E-state index contributed by atoms with van der Waals surface area (Å²) in [4.78, 5) is 16.1. The van der Waals surface area contributed by atoms with E-state index in [2.05, 4.69) is 10.3 Å². The van der Waals surface area contributed by atoms with Gasteiger partial charge in [0.2, 0.25) is 0 Å². The molecule has 1 heterocycles. The molecule has 0 radical (unpaired) electrons. The zero-order valence-corrected chi connectivity index (χ0v) is 16.8. The number of nitrogens with zero attached hydrogens (tertiary/aromatic N) is 1. The molecule has 7 heteroatoms. The number of carbonyl (C=O) groups is 1. The number of hydrogen-bond donors (Lipinski definition) is 2. The Morgan fingerprint density at radius 3 is 2.82 bits per heavy atom. The molecule has 1 aliphatic rings. The summed E-state index contributed by atoms with van der Waals surface area (Å²) in [5.74, 6) is 0.160. The van der Waals surface area contributed by atoms with Crippen LogP contribution >= 0.6 is 0 Å². The van der Waals surface area contributed by atoms with Crippen molar-refractivity contribution in [2.45, 2.75) is 46.0 Å². The molecule has 1 aromatic carbocycles. The second-order valence-corrected chi connectivity index (χ2v) is 7.15. The van der Waals surface area contributed by atoms with Crippen LogP contribution in [0.15, 0.2) is 47.2 Å². The number of alkyl halides is 1. The average Bonchev–Trinajstić information content (AvgIpc) is 2.61. The number of carbonyl (C=O) groups excluding carboxylic acids is 1. The zero-order chi connectivity index (χ0) is 20.7. The van der Waals surface area contributed by atoms with Crippen LogP contribution in [0.3, 0.4) is 0 Å². The summed E-state index contributed by atoms with van der Waals surface area (Å²) in [5.41, 5.74) is 7.39. The van der Waals surface area contributed by atoms with Crippen molar-refractivity contribution < 1.29 is 18.7 Å². The van der Waals surface area contributed by atoms with Crippen LogP contribution < -0.4 is 15.8 Å². The fraction of sp³-hybridized carbons (Fsp3) is 0.429. The van der Waals surface area contributed by atoms with Crippen LogP contribution in [-0.4, -0.2) is 36.6 Å². The fourth-order valence-electron chi connectivity index (χ4n) is 2.59. The first-order valence-electron chi connectivity index (χ1n) is 9.23. The van der Waals surface area contributed by atoms with Crippen molar-refractivity contribution in [1.82, 2.24) is 5.32 Å². The third-order valence-corrected chi connectivity index (χ3v) is 3.97. The van der Waals surface area contributed by atoms with E-state index in [-0.39, 0.29) is 18.9 Å². The van der Waals surface area contributed by atoms with Crippen molar-refractivity contribution in [3.8, 4) is 5.75 Å². The number of nitrogens with two attached hydrogens (primary N) is 1. The van der Waals surface area contributed by atoms with Crippen molar-refractivity contribution >= 4 is 11.7 Å². The molecule has 152 valence electrons. The van der Waals surface area contributed by atoms with Gasteiger partial charge in [0.15, 0.2) is 5.71 Å². The lowest BCUT2D eigenvalue weighted by atomic mass is 10.0. The molecule has 2 rings (SSSR count). The Morgan fingerprint density at radius 1 is 1.43 bits per heavy atom. The number of ether oxygens (including phenoxy) is 2. The largest absolute Gasteiger partial charge is 0.490 e. The predicted octanol–water partition coefficient (Wildman–Crippen LogP) is 2.95. The minimum Gasteiger partial charge on any atom is -0.490 e.